The first-order valence-corrected chi connectivity index (χ1v) is 0. The Balaban J connectivity index is 0. The van der Waals surface area contributed by atoms with E-state index in [1.807, 2.05) is 0 Å². The normalized spacial score (nSPS) is 0. The SMILES string of the molecule is [AlH3].[Ca+2].[H-].[H-].[H-].[H-].[Nd].[Sr+2]. The quantitative estimate of drug-likeness (QED) is 0.478. The summed E-state index contributed by atoms with van der Waals surface area (Å²) in [7, 11) is 0. The van der Waals surface area contributed by atoms with Gasteiger partial charge in [-0.05, 0) is 0 Å². The summed E-state index contributed by atoms with van der Waals surface area (Å²) < 4.78 is 0. The van der Waals surface area contributed by atoms with Crippen molar-refractivity contribution >= 4 is 101 Å². The van der Waals surface area contributed by atoms with Gasteiger partial charge in [-0.25, -0.2) is 0 Å². The molecule has 0 amide bonds. The Bertz CT molecular complexity index is 16.0. The molecule has 0 aliphatic heterocycles. The first-order valence-electron chi connectivity index (χ1n) is 0. The van der Waals surface area contributed by atoms with Crippen molar-refractivity contribution in [2.75, 3.05) is 0 Å². The van der Waals surface area contributed by atoms with E-state index >= 15 is 0 Å². The maximum atomic E-state index is 0. The van der Waals surface area contributed by atoms with Crippen molar-refractivity contribution in [3.63, 3.8) is 0 Å². The molecule has 0 spiro atoms. The van der Waals surface area contributed by atoms with Crippen molar-refractivity contribution in [3.05, 3.63) is 0 Å². The standard InChI is InChI=1S/Al.Ca.Nd.Sr.7H/q;+2;;+2;;;;4*-1. The van der Waals surface area contributed by atoms with E-state index in [1.54, 1.807) is 0 Å². The van der Waals surface area contributed by atoms with Gasteiger partial charge in [0, 0.05) is 40.8 Å². The van der Waals surface area contributed by atoms with Crippen LogP contribution in [0.1, 0.15) is 5.71 Å². The summed E-state index contributed by atoms with van der Waals surface area (Å²) in [5, 5.41) is 0. The van der Waals surface area contributed by atoms with Crippen molar-refractivity contribution in [2.24, 2.45) is 0 Å². The summed E-state index contributed by atoms with van der Waals surface area (Å²) >= 11 is 0. The maximum absolute atomic E-state index is 0. The Labute approximate surface area is 143 Å². The van der Waals surface area contributed by atoms with Crippen molar-refractivity contribution in [2.45, 2.75) is 0 Å². The van der Waals surface area contributed by atoms with Gasteiger partial charge in [0.25, 0.3) is 0 Å². The van der Waals surface area contributed by atoms with Gasteiger partial charge in [0.15, 0.2) is 17.4 Å². The topological polar surface area (TPSA) is 0 Å². The van der Waals surface area contributed by atoms with Gasteiger partial charge in [-0.3, -0.25) is 0 Å². The molecule has 0 N–H and O–H groups in total. The second-order valence-electron chi connectivity index (χ2n) is 0. The van der Waals surface area contributed by atoms with E-state index in [2.05, 4.69) is 0 Å². The smallest absolute Gasteiger partial charge is 1.00 e. The molecule has 4 heteroatoms. The predicted molar refractivity (Wildman–Crippen MR) is 25.9 cm³/mol. The summed E-state index contributed by atoms with van der Waals surface area (Å²) in [5.74, 6) is 0. The van der Waals surface area contributed by atoms with E-state index in [4.69, 9.17) is 0 Å². The second kappa shape index (κ2) is 15.6. The summed E-state index contributed by atoms with van der Waals surface area (Å²) in [6.07, 6.45) is 0. The third-order valence-corrected chi connectivity index (χ3v) is 0. The molecule has 0 aromatic heterocycles. The Kier molecular flexibility index (Phi) is 91.7. The summed E-state index contributed by atoms with van der Waals surface area (Å²) in [6, 6.07) is 0. The average Bonchev–Trinajstić information content (AvgIpc) is 0. The van der Waals surface area contributed by atoms with Crippen molar-refractivity contribution in [3.8, 4) is 0 Å². The van der Waals surface area contributed by atoms with Crippen LogP contribution in [0.5, 0.6) is 0 Å². The zero-order chi connectivity index (χ0) is 0. The summed E-state index contributed by atoms with van der Waals surface area (Å²) in [4.78, 5) is 0. The van der Waals surface area contributed by atoms with Gasteiger partial charge in [0.1, 0.15) is 0 Å². The van der Waals surface area contributed by atoms with E-state index in [9.17, 15) is 0 Å². The molecule has 0 unspecified atom stereocenters. The molecule has 0 atom stereocenters. The average molecular weight is 306 g/mol. The molecule has 0 saturated heterocycles. The van der Waals surface area contributed by atoms with Gasteiger partial charge in [-0.1, -0.05) is 0 Å². The fourth-order valence-corrected chi connectivity index (χ4v) is 0. The molecule has 0 fully saturated rings. The monoisotopic (exact) mass is 304 g/mol. The van der Waals surface area contributed by atoms with Crippen LogP contribution in [-0.2, 0) is 0 Å². The van der Waals surface area contributed by atoms with Gasteiger partial charge in [-0.2, -0.15) is 0 Å². The minimum Gasteiger partial charge on any atom is -1.00 e. The third kappa shape index (κ3) is 9.80. The minimum atomic E-state index is 0. The van der Waals surface area contributed by atoms with Crippen LogP contribution in [0.4, 0.5) is 0 Å². The molecule has 0 rings (SSSR count). The predicted octanol–water partition coefficient (Wildman–Crippen LogP) is -1.50. The van der Waals surface area contributed by atoms with E-state index in [-0.39, 0.29) is 147 Å². The summed E-state index contributed by atoms with van der Waals surface area (Å²) in [6.45, 7) is 0. The molecule has 0 aromatic carbocycles. The second-order valence-corrected chi connectivity index (χ2v) is 0. The molecular weight excluding hydrogens is 299 g/mol. The number of hydrogen-bond acceptors (Lipinski definition) is 0. The van der Waals surface area contributed by atoms with Gasteiger partial charge < -0.3 is 5.71 Å². The molecule has 0 radical (unpaired) electrons. The number of hydrogen-bond donors (Lipinski definition) is 0. The summed E-state index contributed by atoms with van der Waals surface area (Å²) in [5.41, 5.74) is 0. The molecule has 0 bridgehead atoms. The van der Waals surface area contributed by atoms with Crippen LogP contribution in [0.2, 0.25) is 0 Å². The molecule has 18 valence electrons. The first kappa shape index (κ1) is 23.4. The van der Waals surface area contributed by atoms with Gasteiger partial charge >= 0.3 is 83.2 Å². The van der Waals surface area contributed by atoms with Crippen LogP contribution in [0, 0.1) is 40.8 Å². The Morgan fingerprint density at radius 1 is 1.25 bits per heavy atom. The first-order chi connectivity index (χ1) is 0. The Hall–Kier alpha value is 4.62. The largest absolute Gasteiger partial charge is 2.00 e. The Morgan fingerprint density at radius 3 is 1.25 bits per heavy atom. The van der Waals surface area contributed by atoms with Crippen molar-refractivity contribution < 1.29 is 46.5 Å². The number of rotatable bonds is 0. The third-order valence-electron chi connectivity index (χ3n) is 0. The molecule has 4 heavy (non-hydrogen) atoms. The Morgan fingerprint density at radius 2 is 1.25 bits per heavy atom. The fraction of sp³-hybridized carbons (Fsp3) is 0. The molecule has 0 heterocycles. The van der Waals surface area contributed by atoms with Gasteiger partial charge in [0.2, 0.25) is 0 Å². The fourth-order valence-electron chi connectivity index (χ4n) is 0. The van der Waals surface area contributed by atoms with Crippen molar-refractivity contribution in [1.29, 1.82) is 0 Å². The van der Waals surface area contributed by atoms with Crippen LogP contribution in [0.25, 0.3) is 0 Å². The van der Waals surface area contributed by atoms with Gasteiger partial charge in [0.05, 0.1) is 0 Å². The van der Waals surface area contributed by atoms with Crippen molar-refractivity contribution in [1.82, 2.24) is 0 Å². The zero-order valence-corrected chi connectivity index (χ0v) is 10.8. The molecule has 0 aliphatic rings. The molecule has 0 nitrogen and oxygen atoms in total. The van der Waals surface area contributed by atoms with Crippen LogP contribution in [0.15, 0.2) is 0 Å². The molecule has 0 saturated carbocycles. The van der Waals surface area contributed by atoms with E-state index in [1.165, 1.54) is 0 Å². The zero-order valence-electron chi connectivity index (χ0n) is 5.91. The minimum absolute atomic E-state index is 0. The molecular formula is H7AlCaNdSr. The van der Waals surface area contributed by atoms with Crippen LogP contribution in [-0.4, -0.2) is 101 Å². The molecule has 0 aliphatic carbocycles. The maximum Gasteiger partial charge on any atom is 2.00 e. The van der Waals surface area contributed by atoms with E-state index < -0.39 is 0 Å². The van der Waals surface area contributed by atoms with E-state index in [0.29, 0.717) is 0 Å². The van der Waals surface area contributed by atoms with Crippen LogP contribution >= 0.6 is 0 Å². The van der Waals surface area contributed by atoms with Crippen LogP contribution < -0.4 is 0 Å². The van der Waals surface area contributed by atoms with Crippen LogP contribution in [0.3, 0.4) is 0 Å². The molecule has 0 aromatic rings. The van der Waals surface area contributed by atoms with E-state index in [0.717, 1.165) is 0 Å². The van der Waals surface area contributed by atoms with Gasteiger partial charge in [-0.15, -0.1) is 0 Å².